The Labute approximate surface area is 174 Å². The second-order valence-corrected chi connectivity index (χ2v) is 7.81. The number of benzene rings is 3. The van der Waals surface area contributed by atoms with Crippen LogP contribution in [0.25, 0.3) is 22.3 Å². The Morgan fingerprint density at radius 3 is 2.37 bits per heavy atom. The molecule has 0 fully saturated rings. The summed E-state index contributed by atoms with van der Waals surface area (Å²) in [6.07, 6.45) is 4.33. The highest BCUT2D eigenvalue weighted by atomic mass is 19.1. The molecule has 0 atom stereocenters. The van der Waals surface area contributed by atoms with Crippen LogP contribution in [0.2, 0.25) is 0 Å². The molecule has 0 saturated heterocycles. The first-order valence-corrected chi connectivity index (χ1v) is 10.4. The first-order chi connectivity index (χ1) is 14.5. The Hall–Kier alpha value is -3.06. The van der Waals surface area contributed by atoms with Crippen molar-refractivity contribution in [2.45, 2.75) is 45.4 Å². The Kier molecular flexibility index (Phi) is 5.63. The summed E-state index contributed by atoms with van der Waals surface area (Å²) < 4.78 is 43.8. The van der Waals surface area contributed by atoms with Gasteiger partial charge in [-0.3, -0.25) is 0 Å². The lowest BCUT2D eigenvalue weighted by atomic mass is 9.82. The average Bonchev–Trinajstić information content (AvgIpc) is 2.75. The number of fused-ring (bicyclic) bond motifs is 3. The van der Waals surface area contributed by atoms with Crippen LogP contribution in [0.1, 0.15) is 48.4 Å². The third-order valence-corrected chi connectivity index (χ3v) is 5.91. The third-order valence-electron chi connectivity index (χ3n) is 5.91. The zero-order valence-corrected chi connectivity index (χ0v) is 16.9. The van der Waals surface area contributed by atoms with Gasteiger partial charge in [-0.25, -0.2) is 13.2 Å². The Morgan fingerprint density at radius 1 is 0.867 bits per heavy atom. The van der Waals surface area contributed by atoms with Gasteiger partial charge in [-0.2, -0.15) is 5.26 Å². The van der Waals surface area contributed by atoms with Crippen molar-refractivity contribution in [2.75, 3.05) is 0 Å². The van der Waals surface area contributed by atoms with Gasteiger partial charge < -0.3 is 0 Å². The molecule has 152 valence electrons. The van der Waals surface area contributed by atoms with Crippen molar-refractivity contribution in [1.82, 2.24) is 0 Å². The van der Waals surface area contributed by atoms with E-state index in [0.29, 0.717) is 36.0 Å². The first-order valence-electron chi connectivity index (χ1n) is 10.4. The number of nitriles is 1. The lowest BCUT2D eigenvalue weighted by Gasteiger charge is -2.23. The quantitative estimate of drug-likeness (QED) is 0.414. The molecule has 1 aliphatic carbocycles. The molecule has 0 radical (unpaired) electrons. The number of rotatable bonds is 5. The van der Waals surface area contributed by atoms with Gasteiger partial charge in [0.2, 0.25) is 0 Å². The van der Waals surface area contributed by atoms with Crippen molar-refractivity contribution in [3.8, 4) is 28.3 Å². The van der Waals surface area contributed by atoms with Crippen molar-refractivity contribution in [1.29, 1.82) is 5.26 Å². The number of unbranched alkanes of at least 4 members (excludes halogenated alkanes) is 2. The summed E-state index contributed by atoms with van der Waals surface area (Å²) in [6.45, 7) is 2.07. The second-order valence-electron chi connectivity index (χ2n) is 7.81. The SMILES string of the molecule is CCCCCc1c(F)cc2c(c1F)CCc1cc(-c3ccc(C#N)c(F)c3)ccc1-2. The van der Waals surface area contributed by atoms with Crippen LogP contribution in [-0.2, 0) is 19.3 Å². The second kappa shape index (κ2) is 8.36. The molecule has 0 bridgehead atoms. The maximum Gasteiger partial charge on any atom is 0.141 e. The predicted octanol–water partition coefficient (Wildman–Crippen LogP) is 7.14. The molecule has 0 amide bonds. The molecule has 1 nitrogen and oxygen atoms in total. The van der Waals surface area contributed by atoms with E-state index in [-0.39, 0.29) is 11.1 Å². The van der Waals surface area contributed by atoms with Crippen LogP contribution >= 0.6 is 0 Å². The van der Waals surface area contributed by atoms with Crippen LogP contribution < -0.4 is 0 Å². The lowest BCUT2D eigenvalue weighted by molar-refractivity contribution is 0.536. The smallest absolute Gasteiger partial charge is 0.141 e. The van der Waals surface area contributed by atoms with Gasteiger partial charge in [-0.1, -0.05) is 44.0 Å². The normalized spacial score (nSPS) is 12.2. The van der Waals surface area contributed by atoms with Crippen LogP contribution in [0.15, 0.2) is 42.5 Å². The Bertz CT molecular complexity index is 1160. The van der Waals surface area contributed by atoms with Crippen molar-refractivity contribution < 1.29 is 13.2 Å². The fourth-order valence-electron chi connectivity index (χ4n) is 4.26. The zero-order chi connectivity index (χ0) is 21.3. The summed E-state index contributed by atoms with van der Waals surface area (Å²) in [7, 11) is 0. The lowest BCUT2D eigenvalue weighted by Crippen LogP contribution is -2.10. The van der Waals surface area contributed by atoms with Crippen LogP contribution in [0, 0.1) is 28.8 Å². The fraction of sp³-hybridized carbons (Fsp3) is 0.269. The van der Waals surface area contributed by atoms with E-state index >= 15 is 4.39 Å². The van der Waals surface area contributed by atoms with Gasteiger partial charge in [0.1, 0.15) is 23.5 Å². The number of hydrogen-bond donors (Lipinski definition) is 0. The first kappa shape index (κ1) is 20.2. The molecule has 4 heteroatoms. The van der Waals surface area contributed by atoms with Crippen molar-refractivity contribution in [2.24, 2.45) is 0 Å². The van der Waals surface area contributed by atoms with Gasteiger partial charge in [-0.05, 0) is 77.3 Å². The molecule has 3 aromatic carbocycles. The topological polar surface area (TPSA) is 23.8 Å². The summed E-state index contributed by atoms with van der Waals surface area (Å²) in [5.41, 5.74) is 4.72. The van der Waals surface area contributed by atoms with Gasteiger partial charge in [0, 0.05) is 5.56 Å². The fourth-order valence-corrected chi connectivity index (χ4v) is 4.26. The molecule has 0 aromatic heterocycles. The van der Waals surface area contributed by atoms with E-state index in [1.807, 2.05) is 24.3 Å². The van der Waals surface area contributed by atoms with E-state index in [2.05, 4.69) is 6.92 Å². The van der Waals surface area contributed by atoms with Gasteiger partial charge >= 0.3 is 0 Å². The van der Waals surface area contributed by atoms with E-state index < -0.39 is 17.5 Å². The molecule has 0 aliphatic heterocycles. The molecule has 4 rings (SSSR count). The predicted molar refractivity (Wildman–Crippen MR) is 113 cm³/mol. The monoisotopic (exact) mass is 405 g/mol. The molecule has 0 unspecified atom stereocenters. The van der Waals surface area contributed by atoms with Crippen LogP contribution in [0.3, 0.4) is 0 Å². The number of halogens is 3. The summed E-state index contributed by atoms with van der Waals surface area (Å²) in [6, 6.07) is 13.4. The van der Waals surface area contributed by atoms with E-state index in [0.717, 1.165) is 36.0 Å². The molecule has 0 saturated carbocycles. The minimum Gasteiger partial charge on any atom is -0.207 e. The van der Waals surface area contributed by atoms with Crippen molar-refractivity contribution >= 4 is 0 Å². The summed E-state index contributed by atoms with van der Waals surface area (Å²) in [4.78, 5) is 0. The number of hydrogen-bond acceptors (Lipinski definition) is 1. The molecular formula is C26H22F3N. The molecule has 30 heavy (non-hydrogen) atoms. The third kappa shape index (κ3) is 3.61. The standard InChI is InChI=1S/C26H22F3N/c1-2-3-4-5-22-25(28)14-23-20-10-8-16(12-18(20)9-11-21(23)26(22)29)17-6-7-19(15-30)24(27)13-17/h6-8,10,12-14H,2-5,9,11H2,1H3. The van der Waals surface area contributed by atoms with Crippen molar-refractivity contribution in [3.05, 3.63) is 82.2 Å². The Balaban J connectivity index is 1.72. The highest BCUT2D eigenvalue weighted by molar-refractivity contribution is 5.78. The average molecular weight is 405 g/mol. The number of nitrogens with zero attached hydrogens (tertiary/aromatic N) is 1. The summed E-state index contributed by atoms with van der Waals surface area (Å²) in [5, 5.41) is 8.90. The van der Waals surface area contributed by atoms with E-state index in [9.17, 15) is 8.78 Å². The van der Waals surface area contributed by atoms with Crippen LogP contribution in [0.5, 0.6) is 0 Å². The van der Waals surface area contributed by atoms with Gasteiger partial charge in [0.25, 0.3) is 0 Å². The Morgan fingerprint density at radius 2 is 1.63 bits per heavy atom. The molecule has 0 N–H and O–H groups in total. The molecule has 0 spiro atoms. The minimum absolute atomic E-state index is 0.00586. The van der Waals surface area contributed by atoms with Crippen LogP contribution in [0.4, 0.5) is 13.2 Å². The van der Waals surface area contributed by atoms with E-state index in [1.165, 1.54) is 18.2 Å². The van der Waals surface area contributed by atoms with Gasteiger partial charge in [0.05, 0.1) is 5.56 Å². The van der Waals surface area contributed by atoms with Crippen LogP contribution in [-0.4, -0.2) is 0 Å². The summed E-state index contributed by atoms with van der Waals surface area (Å²) >= 11 is 0. The van der Waals surface area contributed by atoms with Gasteiger partial charge in [0.15, 0.2) is 0 Å². The maximum atomic E-state index is 15.1. The molecule has 0 heterocycles. The minimum atomic E-state index is -0.558. The largest absolute Gasteiger partial charge is 0.207 e. The highest BCUT2D eigenvalue weighted by Gasteiger charge is 2.24. The van der Waals surface area contributed by atoms with Crippen molar-refractivity contribution in [3.63, 3.8) is 0 Å². The highest BCUT2D eigenvalue weighted by Crippen LogP contribution is 2.39. The summed E-state index contributed by atoms with van der Waals surface area (Å²) in [5.74, 6) is -1.43. The number of aryl methyl sites for hydroxylation is 1. The molecule has 1 aliphatic rings. The van der Waals surface area contributed by atoms with Gasteiger partial charge in [-0.15, -0.1) is 0 Å². The molecule has 3 aromatic rings. The molecular weight excluding hydrogens is 383 g/mol. The van der Waals surface area contributed by atoms with E-state index in [1.54, 1.807) is 6.07 Å². The maximum absolute atomic E-state index is 15.1. The zero-order valence-electron chi connectivity index (χ0n) is 16.9. The van der Waals surface area contributed by atoms with E-state index in [4.69, 9.17) is 5.26 Å².